The van der Waals surface area contributed by atoms with Gasteiger partial charge in [0.05, 0.1) is 18.5 Å². The van der Waals surface area contributed by atoms with Gasteiger partial charge in [0.25, 0.3) is 0 Å². The topological polar surface area (TPSA) is 67.4 Å². The molecule has 0 aromatic heterocycles. The fourth-order valence-electron chi connectivity index (χ4n) is 2.76. The molecular formula is C17H18Cl2N2O3. The van der Waals surface area contributed by atoms with Crippen molar-refractivity contribution < 1.29 is 14.3 Å². The van der Waals surface area contributed by atoms with Crippen LogP contribution in [0.1, 0.15) is 18.4 Å². The minimum absolute atomic E-state index is 0.122. The van der Waals surface area contributed by atoms with Gasteiger partial charge in [-0.3, -0.25) is 9.59 Å². The number of rotatable bonds is 5. The van der Waals surface area contributed by atoms with Crippen LogP contribution in [0.25, 0.3) is 0 Å². The Kier molecular flexibility index (Phi) is 6.50. The molecule has 5 nitrogen and oxygen atoms in total. The van der Waals surface area contributed by atoms with E-state index in [1.54, 1.807) is 18.2 Å². The second kappa shape index (κ2) is 8.39. The monoisotopic (exact) mass is 368 g/mol. The van der Waals surface area contributed by atoms with Crippen molar-refractivity contribution >= 4 is 35.0 Å². The number of hydrogen-bond acceptors (Lipinski definition) is 3. The predicted molar refractivity (Wildman–Crippen MR) is 93.0 cm³/mol. The summed E-state index contributed by atoms with van der Waals surface area (Å²) < 4.78 is 5.39. The third kappa shape index (κ3) is 4.21. The lowest BCUT2D eigenvalue weighted by Crippen LogP contribution is -2.50. The van der Waals surface area contributed by atoms with Crippen LogP contribution in [0.5, 0.6) is 0 Å². The molecule has 1 saturated heterocycles. The Bertz CT molecular complexity index is 664. The summed E-state index contributed by atoms with van der Waals surface area (Å²) in [6, 6.07) is 5.07. The normalized spacial score (nSPS) is 16.0. The molecule has 1 aromatic carbocycles. The zero-order chi connectivity index (χ0) is 17.6. The Balaban J connectivity index is 2.20. The minimum Gasteiger partial charge on any atom is -0.381 e. The molecule has 2 rings (SSSR count). The van der Waals surface area contributed by atoms with Gasteiger partial charge >= 0.3 is 0 Å². The minimum atomic E-state index is -0.841. The van der Waals surface area contributed by atoms with Gasteiger partial charge in [-0.1, -0.05) is 35.2 Å². The fraction of sp³-hybridized carbons (Fsp3) is 0.412. The number of hydrogen-bond donors (Lipinski definition) is 2. The van der Waals surface area contributed by atoms with E-state index in [0.717, 1.165) is 0 Å². The smallest absolute Gasteiger partial charge is 0.240 e. The predicted octanol–water partition coefficient (Wildman–Crippen LogP) is 1.91. The first-order valence-corrected chi connectivity index (χ1v) is 8.27. The molecule has 0 saturated carbocycles. The largest absolute Gasteiger partial charge is 0.381 e. The summed E-state index contributed by atoms with van der Waals surface area (Å²) in [5.74, 6) is 1.70. The summed E-state index contributed by atoms with van der Waals surface area (Å²) in [4.78, 5) is 24.5. The summed E-state index contributed by atoms with van der Waals surface area (Å²) in [5, 5.41) is 6.11. The summed E-state index contributed by atoms with van der Waals surface area (Å²) >= 11 is 12.3. The van der Waals surface area contributed by atoms with Gasteiger partial charge in [0, 0.05) is 23.3 Å². The van der Waals surface area contributed by atoms with E-state index in [1.807, 2.05) is 0 Å². The van der Waals surface area contributed by atoms with Crippen molar-refractivity contribution in [2.45, 2.75) is 18.3 Å². The summed E-state index contributed by atoms with van der Waals surface area (Å²) in [6.45, 7) is 0.857. The summed E-state index contributed by atoms with van der Waals surface area (Å²) in [5.41, 5.74) is -0.148. The second-order valence-electron chi connectivity index (χ2n) is 5.48. The summed E-state index contributed by atoms with van der Waals surface area (Å²) in [7, 11) is 0. The van der Waals surface area contributed by atoms with Gasteiger partial charge in [-0.2, -0.15) is 0 Å². The van der Waals surface area contributed by atoms with Crippen molar-refractivity contribution in [3.8, 4) is 12.3 Å². The van der Waals surface area contributed by atoms with Crippen LogP contribution in [0, 0.1) is 12.3 Å². The number of carbonyl (C=O) groups is 2. The molecule has 2 N–H and O–H groups in total. The molecule has 24 heavy (non-hydrogen) atoms. The Morgan fingerprint density at radius 3 is 2.58 bits per heavy atom. The van der Waals surface area contributed by atoms with Crippen LogP contribution in [-0.4, -0.2) is 38.1 Å². The van der Waals surface area contributed by atoms with Crippen LogP contribution in [0.2, 0.25) is 10.0 Å². The van der Waals surface area contributed by atoms with Crippen molar-refractivity contribution in [1.82, 2.24) is 10.6 Å². The molecule has 0 atom stereocenters. The zero-order valence-electron chi connectivity index (χ0n) is 13.0. The maximum Gasteiger partial charge on any atom is 0.240 e. The van der Waals surface area contributed by atoms with Gasteiger partial charge < -0.3 is 15.4 Å². The van der Waals surface area contributed by atoms with E-state index in [2.05, 4.69) is 16.6 Å². The average Bonchev–Trinajstić information content (AvgIpc) is 2.58. The van der Waals surface area contributed by atoms with E-state index < -0.39 is 5.41 Å². The molecule has 1 aromatic rings. The highest BCUT2D eigenvalue weighted by atomic mass is 35.5. The lowest BCUT2D eigenvalue weighted by atomic mass is 9.73. The van der Waals surface area contributed by atoms with Gasteiger partial charge in [-0.15, -0.1) is 6.42 Å². The number of carbonyl (C=O) groups excluding carboxylic acids is 2. The SMILES string of the molecule is C#CCNC(=O)CNC(=O)C1(c2ccc(Cl)cc2Cl)CCOCC1. The van der Waals surface area contributed by atoms with Crippen molar-refractivity contribution in [3.05, 3.63) is 33.8 Å². The maximum atomic E-state index is 12.9. The van der Waals surface area contributed by atoms with E-state index >= 15 is 0 Å². The molecule has 1 aliphatic rings. The van der Waals surface area contributed by atoms with Gasteiger partial charge in [0.15, 0.2) is 0 Å². The molecule has 1 heterocycles. The van der Waals surface area contributed by atoms with Crippen LogP contribution in [0.4, 0.5) is 0 Å². The van der Waals surface area contributed by atoms with Gasteiger partial charge in [-0.25, -0.2) is 0 Å². The first-order valence-electron chi connectivity index (χ1n) is 7.51. The highest BCUT2D eigenvalue weighted by Gasteiger charge is 2.43. The Hall–Kier alpha value is -1.74. The molecular weight excluding hydrogens is 351 g/mol. The molecule has 2 amide bonds. The number of ether oxygens (including phenoxy) is 1. The Morgan fingerprint density at radius 2 is 1.96 bits per heavy atom. The molecule has 7 heteroatoms. The molecule has 0 bridgehead atoms. The van der Waals surface area contributed by atoms with E-state index in [1.165, 1.54) is 0 Å². The third-order valence-electron chi connectivity index (χ3n) is 4.02. The number of terminal acetylenes is 1. The fourth-order valence-corrected chi connectivity index (χ4v) is 3.35. The molecule has 1 fully saturated rings. The highest BCUT2D eigenvalue weighted by Crippen LogP contribution is 2.39. The van der Waals surface area contributed by atoms with Crippen molar-refractivity contribution in [2.24, 2.45) is 0 Å². The number of halogens is 2. The third-order valence-corrected chi connectivity index (χ3v) is 4.57. The lowest BCUT2D eigenvalue weighted by Gasteiger charge is -2.36. The highest BCUT2D eigenvalue weighted by molar-refractivity contribution is 6.35. The van der Waals surface area contributed by atoms with Crippen molar-refractivity contribution in [1.29, 1.82) is 0 Å². The van der Waals surface area contributed by atoms with Crippen molar-refractivity contribution in [3.63, 3.8) is 0 Å². The van der Waals surface area contributed by atoms with Crippen LogP contribution in [0.3, 0.4) is 0 Å². The van der Waals surface area contributed by atoms with E-state index in [9.17, 15) is 9.59 Å². The number of benzene rings is 1. The van der Waals surface area contributed by atoms with Crippen LogP contribution in [0.15, 0.2) is 18.2 Å². The molecule has 0 aliphatic carbocycles. The molecule has 0 unspecified atom stereocenters. The maximum absolute atomic E-state index is 12.9. The second-order valence-corrected chi connectivity index (χ2v) is 6.33. The van der Waals surface area contributed by atoms with E-state index in [-0.39, 0.29) is 24.9 Å². The molecule has 128 valence electrons. The Labute approximate surface area is 151 Å². The number of nitrogens with one attached hydrogen (secondary N) is 2. The van der Waals surface area contributed by atoms with Crippen LogP contribution >= 0.6 is 23.2 Å². The first-order chi connectivity index (χ1) is 11.5. The van der Waals surface area contributed by atoms with E-state index in [4.69, 9.17) is 34.4 Å². The van der Waals surface area contributed by atoms with Crippen LogP contribution < -0.4 is 10.6 Å². The quantitative estimate of drug-likeness (QED) is 0.780. The van der Waals surface area contributed by atoms with E-state index in [0.29, 0.717) is 41.7 Å². The Morgan fingerprint density at radius 1 is 1.25 bits per heavy atom. The van der Waals surface area contributed by atoms with Crippen molar-refractivity contribution in [2.75, 3.05) is 26.3 Å². The van der Waals surface area contributed by atoms with Gasteiger partial charge in [-0.05, 0) is 30.5 Å². The van der Waals surface area contributed by atoms with Gasteiger partial charge in [0.1, 0.15) is 0 Å². The summed E-state index contributed by atoms with van der Waals surface area (Å²) in [6.07, 6.45) is 6.04. The zero-order valence-corrected chi connectivity index (χ0v) is 14.5. The standard InChI is InChI=1S/C17H18Cl2N2O3/c1-2-7-20-15(22)11-21-16(23)17(5-8-24-9-6-17)13-4-3-12(18)10-14(13)19/h1,3-4,10H,5-9,11H2,(H,20,22)(H,21,23). The molecule has 0 spiro atoms. The number of amides is 2. The van der Waals surface area contributed by atoms with Crippen LogP contribution in [-0.2, 0) is 19.7 Å². The average molecular weight is 369 g/mol. The molecule has 0 radical (unpaired) electrons. The first kappa shape index (κ1) is 18.6. The van der Waals surface area contributed by atoms with Gasteiger partial charge in [0.2, 0.25) is 11.8 Å². The lowest BCUT2D eigenvalue weighted by molar-refractivity contribution is -0.132. The molecule has 1 aliphatic heterocycles.